The van der Waals surface area contributed by atoms with Gasteiger partial charge in [0.2, 0.25) is 0 Å². The number of esters is 2. The molecule has 0 bridgehead atoms. The van der Waals surface area contributed by atoms with Gasteiger partial charge < -0.3 is 15.2 Å². The maximum atomic E-state index is 15.0. The van der Waals surface area contributed by atoms with E-state index in [2.05, 4.69) is 0 Å². The maximum absolute atomic E-state index is 15.0. The fourth-order valence-corrected chi connectivity index (χ4v) is 2.57. The molecule has 0 fully saturated rings. The quantitative estimate of drug-likeness (QED) is 0.534. The highest BCUT2D eigenvalue weighted by Crippen LogP contribution is 2.31. The van der Waals surface area contributed by atoms with Crippen LogP contribution >= 0.6 is 11.6 Å². The van der Waals surface area contributed by atoms with E-state index in [0.29, 0.717) is 6.42 Å². The minimum absolute atomic E-state index is 0.0246. The number of nitrogens with two attached hydrogens (primary N) is 1. The number of hydrogen-bond acceptors (Lipinski definition) is 5. The highest BCUT2D eigenvalue weighted by molar-refractivity contribution is 6.33. The Kier molecular flexibility index (Phi) is 8.50. The molecule has 1 aromatic carbocycles. The molecule has 0 aliphatic heterocycles. The molecule has 0 aromatic heterocycles. The predicted octanol–water partition coefficient (Wildman–Crippen LogP) is 4.21. The van der Waals surface area contributed by atoms with Crippen LogP contribution in [0.2, 0.25) is 5.02 Å². The molecule has 26 heavy (non-hydrogen) atoms. The van der Waals surface area contributed by atoms with Crippen molar-refractivity contribution in [2.45, 2.75) is 58.5 Å². The molecule has 7 heteroatoms. The molecule has 1 rings (SSSR count). The lowest BCUT2D eigenvalue weighted by Gasteiger charge is -2.24. The van der Waals surface area contributed by atoms with Gasteiger partial charge in [0.1, 0.15) is 17.0 Å². The number of rotatable bonds is 8. The summed E-state index contributed by atoms with van der Waals surface area (Å²) < 4.78 is 25.4. The Morgan fingerprint density at radius 3 is 2.50 bits per heavy atom. The first-order valence-electron chi connectivity index (χ1n) is 8.70. The molecule has 0 aliphatic rings. The second kappa shape index (κ2) is 9.88. The summed E-state index contributed by atoms with van der Waals surface area (Å²) in [6, 6.07) is 2.76. The first-order valence-corrected chi connectivity index (χ1v) is 9.08. The van der Waals surface area contributed by atoms with Gasteiger partial charge in [0, 0.05) is 5.56 Å². The fourth-order valence-electron chi connectivity index (χ4n) is 2.35. The molecule has 1 aromatic rings. The van der Waals surface area contributed by atoms with E-state index in [1.807, 2.05) is 6.92 Å². The Hall–Kier alpha value is -1.66. The average molecular weight is 388 g/mol. The van der Waals surface area contributed by atoms with Gasteiger partial charge in [-0.15, -0.1) is 0 Å². The van der Waals surface area contributed by atoms with Crippen LogP contribution in [0.25, 0.3) is 0 Å². The van der Waals surface area contributed by atoms with Crippen LogP contribution in [0.4, 0.5) is 4.39 Å². The van der Waals surface area contributed by atoms with Gasteiger partial charge in [-0.1, -0.05) is 31.0 Å². The Labute approximate surface area is 159 Å². The van der Waals surface area contributed by atoms with Crippen molar-refractivity contribution in [1.82, 2.24) is 0 Å². The molecule has 5 nitrogen and oxygen atoms in total. The zero-order chi connectivity index (χ0) is 19.9. The summed E-state index contributed by atoms with van der Waals surface area (Å²) in [5, 5.41) is -0.0663. The molecular formula is C19H27ClFNO4. The molecule has 0 spiro atoms. The molecule has 0 heterocycles. The summed E-state index contributed by atoms with van der Waals surface area (Å²) in [6.07, 6.45) is 1.68. The third-order valence-corrected chi connectivity index (χ3v) is 3.89. The predicted molar refractivity (Wildman–Crippen MR) is 98.9 cm³/mol. The Bertz CT molecular complexity index is 643. The molecule has 0 unspecified atom stereocenters. The Morgan fingerprint density at radius 1 is 1.31 bits per heavy atom. The summed E-state index contributed by atoms with van der Waals surface area (Å²) >= 11 is 6.00. The Balaban J connectivity index is 3.22. The molecule has 0 aliphatic carbocycles. The van der Waals surface area contributed by atoms with Crippen molar-refractivity contribution in [1.29, 1.82) is 0 Å². The number of benzene rings is 1. The van der Waals surface area contributed by atoms with Crippen molar-refractivity contribution in [2.24, 2.45) is 5.73 Å². The summed E-state index contributed by atoms with van der Waals surface area (Å²) in [4.78, 5) is 24.7. The molecule has 0 saturated carbocycles. The van der Waals surface area contributed by atoms with E-state index in [1.54, 1.807) is 20.8 Å². The Morgan fingerprint density at radius 2 is 1.96 bits per heavy atom. The summed E-state index contributed by atoms with van der Waals surface area (Å²) in [6.45, 7) is 7.44. The lowest BCUT2D eigenvalue weighted by molar-refractivity contribution is -0.157. The van der Waals surface area contributed by atoms with Crippen LogP contribution in [0.15, 0.2) is 12.1 Å². The van der Waals surface area contributed by atoms with Gasteiger partial charge >= 0.3 is 11.9 Å². The second-order valence-electron chi connectivity index (χ2n) is 6.98. The minimum Gasteiger partial charge on any atom is -0.462 e. The topological polar surface area (TPSA) is 78.6 Å². The third-order valence-electron chi connectivity index (χ3n) is 3.58. The smallest absolute Gasteiger partial charge is 0.342 e. The maximum Gasteiger partial charge on any atom is 0.342 e. The van der Waals surface area contributed by atoms with Crippen molar-refractivity contribution in [3.05, 3.63) is 34.1 Å². The monoisotopic (exact) mass is 387 g/mol. The van der Waals surface area contributed by atoms with Gasteiger partial charge in [-0.25, -0.2) is 9.18 Å². The number of ether oxygens (including phenoxy) is 2. The third kappa shape index (κ3) is 6.25. The highest BCUT2D eigenvalue weighted by Gasteiger charge is 2.31. The van der Waals surface area contributed by atoms with E-state index in [4.69, 9.17) is 26.8 Å². The van der Waals surface area contributed by atoms with E-state index >= 15 is 4.39 Å². The van der Waals surface area contributed by atoms with Gasteiger partial charge in [-0.2, -0.15) is 0 Å². The molecule has 146 valence electrons. The van der Waals surface area contributed by atoms with Crippen LogP contribution in [-0.4, -0.2) is 30.7 Å². The number of unbranched alkanes of at least 4 members (excludes halogenated alkanes) is 1. The molecule has 1 atom stereocenters. The number of carbonyl (C=O) groups excluding carboxylic acids is 2. The number of halogens is 2. The van der Waals surface area contributed by atoms with Crippen LogP contribution in [0.1, 0.15) is 68.8 Å². The first-order chi connectivity index (χ1) is 12.1. The summed E-state index contributed by atoms with van der Waals surface area (Å²) in [5.41, 5.74) is 4.51. The van der Waals surface area contributed by atoms with E-state index in [-0.39, 0.29) is 35.7 Å². The molecular weight excluding hydrogens is 361 g/mol. The van der Waals surface area contributed by atoms with E-state index in [1.165, 1.54) is 12.1 Å². The van der Waals surface area contributed by atoms with Crippen molar-refractivity contribution < 1.29 is 23.5 Å². The van der Waals surface area contributed by atoms with Crippen molar-refractivity contribution >= 4 is 23.5 Å². The summed E-state index contributed by atoms with van der Waals surface area (Å²) in [5.74, 6) is -3.25. The molecule has 2 N–H and O–H groups in total. The first kappa shape index (κ1) is 22.4. The van der Waals surface area contributed by atoms with Crippen molar-refractivity contribution in [3.63, 3.8) is 0 Å². The van der Waals surface area contributed by atoms with Crippen LogP contribution in [-0.2, 0) is 14.3 Å². The highest BCUT2D eigenvalue weighted by atomic mass is 35.5. The minimum atomic E-state index is -0.932. The van der Waals surface area contributed by atoms with Crippen LogP contribution < -0.4 is 5.73 Å². The average Bonchev–Trinajstić information content (AvgIpc) is 2.52. The van der Waals surface area contributed by atoms with Gasteiger partial charge in [-0.05, 0) is 46.2 Å². The number of carbonyl (C=O) groups is 2. The van der Waals surface area contributed by atoms with Gasteiger partial charge in [0.25, 0.3) is 0 Å². The van der Waals surface area contributed by atoms with Crippen LogP contribution in [0.3, 0.4) is 0 Å². The standard InChI is InChI=1S/C19H27ClFNO4/c1-5-6-11-25-18(24)15-14(20)8-7-12(16(15)21)13(9-10-22)17(23)26-19(2,3)4/h7-8,13H,5-6,9-11,22H2,1-4H3/t13-/m1/s1. The van der Waals surface area contributed by atoms with Crippen LogP contribution in [0, 0.1) is 5.82 Å². The van der Waals surface area contributed by atoms with E-state index in [9.17, 15) is 9.59 Å². The van der Waals surface area contributed by atoms with Gasteiger partial charge in [-0.3, -0.25) is 4.79 Å². The molecule has 0 radical (unpaired) electrons. The molecule has 0 saturated heterocycles. The fraction of sp³-hybridized carbons (Fsp3) is 0.579. The second-order valence-corrected chi connectivity index (χ2v) is 7.39. The lowest BCUT2D eigenvalue weighted by Crippen LogP contribution is -2.29. The van der Waals surface area contributed by atoms with Crippen molar-refractivity contribution in [3.8, 4) is 0 Å². The molecule has 0 amide bonds. The van der Waals surface area contributed by atoms with Gasteiger partial charge in [0.15, 0.2) is 0 Å². The van der Waals surface area contributed by atoms with Crippen LogP contribution in [0.5, 0.6) is 0 Å². The normalized spacial score (nSPS) is 12.6. The van der Waals surface area contributed by atoms with E-state index in [0.717, 1.165) is 6.42 Å². The lowest BCUT2D eigenvalue weighted by atomic mass is 9.93. The largest absolute Gasteiger partial charge is 0.462 e. The van der Waals surface area contributed by atoms with Gasteiger partial charge in [0.05, 0.1) is 17.5 Å². The number of hydrogen-bond donors (Lipinski definition) is 1. The zero-order valence-corrected chi connectivity index (χ0v) is 16.5. The SMILES string of the molecule is CCCCOC(=O)c1c(Cl)ccc([C@@H](CCN)C(=O)OC(C)(C)C)c1F. The van der Waals surface area contributed by atoms with E-state index < -0.39 is 29.3 Å². The summed E-state index contributed by atoms with van der Waals surface area (Å²) in [7, 11) is 0. The zero-order valence-electron chi connectivity index (χ0n) is 15.7. The van der Waals surface area contributed by atoms with Crippen molar-refractivity contribution in [2.75, 3.05) is 13.2 Å².